The smallest absolute Gasteiger partial charge is 0.871 e. The van der Waals surface area contributed by atoms with Gasteiger partial charge in [0.1, 0.15) is 34.2 Å². The molecule has 0 aliphatic rings. The van der Waals surface area contributed by atoms with E-state index in [2.05, 4.69) is 30.8 Å². The van der Waals surface area contributed by atoms with Crippen LogP contribution >= 0.6 is 23.2 Å². The Labute approximate surface area is 468 Å². The minimum Gasteiger partial charge on any atom is -0.871 e. The first-order valence-electron chi connectivity index (χ1n) is 20.9. The van der Waals surface area contributed by atoms with Gasteiger partial charge in [-0.1, -0.05) is 102 Å². The Bertz CT molecular complexity index is 3790. The number of hydrogen-bond donors (Lipinski definition) is 4. The molecular weight excluding hydrogens is 1150 g/mol. The number of fused-ring (bicyclic) bond motifs is 2. The monoisotopic (exact) mass is 1190 g/mol. The van der Waals surface area contributed by atoms with E-state index in [0.717, 1.165) is 12.1 Å². The van der Waals surface area contributed by atoms with E-state index < -0.39 is 53.3 Å². The molecule has 0 unspecified atom stereocenters. The third-order valence-corrected chi connectivity index (χ3v) is 13.3. The molecule has 73 heavy (non-hydrogen) atoms. The van der Waals surface area contributed by atoms with Crippen LogP contribution in [0.2, 0.25) is 10.0 Å². The van der Waals surface area contributed by atoms with Gasteiger partial charge in [-0.25, -0.2) is 0 Å². The molecule has 0 heterocycles. The molecule has 23 heteroatoms. The van der Waals surface area contributed by atoms with E-state index >= 15 is 0 Å². The quantitative estimate of drug-likeness (QED) is 0.0292. The first kappa shape index (κ1) is 55.9. The van der Waals surface area contributed by atoms with Gasteiger partial charge in [0.25, 0.3) is 26.1 Å². The van der Waals surface area contributed by atoms with Crippen LogP contribution in [-0.2, 0) is 20.2 Å². The molecule has 0 radical (unpaired) electrons. The van der Waals surface area contributed by atoms with Crippen molar-refractivity contribution >= 4 is 160 Å². The molecule has 8 rings (SSSR count). The zero-order chi connectivity index (χ0) is 52.1. The molecule has 0 aromatic heterocycles. The van der Waals surface area contributed by atoms with Crippen LogP contribution < -0.4 is 25.0 Å². The summed E-state index contributed by atoms with van der Waals surface area (Å²) in [7, 11) is -6.14. The van der Waals surface area contributed by atoms with Crippen molar-refractivity contribution < 1.29 is 55.5 Å². The molecule has 0 fully saturated rings. The Hall–Kier alpha value is -6.41. The van der Waals surface area contributed by atoms with Crippen molar-refractivity contribution in [2.45, 2.75) is 23.6 Å². The van der Waals surface area contributed by atoms with Crippen LogP contribution in [0.25, 0.3) is 21.5 Å². The molecule has 0 aliphatic carbocycles. The van der Waals surface area contributed by atoms with Gasteiger partial charge < -0.3 is 30.1 Å². The largest absolute Gasteiger partial charge is 2.00 e. The van der Waals surface area contributed by atoms with E-state index in [9.17, 15) is 46.1 Å². The Morgan fingerprint density at radius 1 is 0.603 bits per heavy atom. The number of hydrogen-bond acceptors (Lipinski definition) is 15. The summed E-state index contributed by atoms with van der Waals surface area (Å²) in [5.41, 5.74) is 0.731. The summed E-state index contributed by atoms with van der Waals surface area (Å²) >= 11 is 12.5. The van der Waals surface area contributed by atoms with Gasteiger partial charge in [-0.3, -0.25) is 18.9 Å². The number of halogens is 2. The van der Waals surface area contributed by atoms with E-state index in [1.807, 2.05) is 0 Å². The van der Waals surface area contributed by atoms with Crippen molar-refractivity contribution in [3.8, 4) is 23.0 Å². The van der Waals surface area contributed by atoms with Crippen molar-refractivity contribution in [1.82, 2.24) is 0 Å². The Balaban J connectivity index is 0.000000235. The maximum Gasteiger partial charge on any atom is 2.00 e. The zero-order valence-corrected chi connectivity index (χ0v) is 46.3. The maximum absolute atomic E-state index is 13.3. The molecule has 0 saturated heterocycles. The average Bonchev–Trinajstić information content (AvgIpc) is 3.35. The second kappa shape index (κ2) is 23.6. The van der Waals surface area contributed by atoms with Crippen molar-refractivity contribution in [1.29, 1.82) is 0 Å². The number of anilines is 1. The average molecular weight is 1190 g/mol. The third-order valence-electron chi connectivity index (χ3n) is 10.6. The Kier molecular flexibility index (Phi) is 18.1. The summed E-state index contributed by atoms with van der Waals surface area (Å²) in [4.78, 5) is 16.3. The van der Waals surface area contributed by atoms with Crippen LogP contribution in [0.1, 0.15) is 27.0 Å². The summed E-state index contributed by atoms with van der Waals surface area (Å²) in [6.45, 7) is 3.08. The van der Waals surface area contributed by atoms with Crippen LogP contribution in [-0.4, -0.2) is 106 Å². The molecule has 0 aliphatic heterocycles. The Morgan fingerprint density at radius 2 is 1.05 bits per heavy atom. The number of nitrogens with zero attached hydrogens (tertiary/aromatic N) is 5. The number of aryl methyl sites for hydroxylation is 2. The van der Waals surface area contributed by atoms with Gasteiger partial charge in [0.2, 0.25) is 0 Å². The molecule has 0 atom stereocenters. The molecule has 18 nitrogen and oxygen atoms in total. The van der Waals surface area contributed by atoms with Gasteiger partial charge in [-0.15, -0.1) is 15.3 Å². The number of nitrogens with one attached hydrogen (secondary N) is 1. The second-order valence-corrected chi connectivity index (χ2v) is 19.0. The number of carbonyl (C=O) groups is 1. The first-order chi connectivity index (χ1) is 34.2. The van der Waals surface area contributed by atoms with E-state index in [-0.39, 0.29) is 98.5 Å². The molecule has 4 N–H and O–H groups in total. The number of aromatic hydroxyl groups is 1. The van der Waals surface area contributed by atoms with Crippen LogP contribution in [0.3, 0.4) is 0 Å². The van der Waals surface area contributed by atoms with E-state index in [0.29, 0.717) is 49.9 Å². The molecule has 0 bridgehead atoms. The van der Waals surface area contributed by atoms with E-state index in [1.54, 1.807) is 104 Å². The fraction of sp³-hybridized carbons (Fsp3) is 0.0800. The number of rotatable bonds is 12. The van der Waals surface area contributed by atoms with Crippen molar-refractivity contribution in [3.05, 3.63) is 166 Å². The van der Waals surface area contributed by atoms with Gasteiger partial charge in [0.05, 0.1) is 51.0 Å². The first-order valence-corrected chi connectivity index (χ1v) is 24.5. The molecule has 368 valence electrons. The van der Waals surface area contributed by atoms with Crippen molar-refractivity contribution in [2.75, 3.05) is 19.5 Å². The number of phenolic OH excluding ortho intramolecular Hbond substituents is 1. The number of phenols is 1. The number of amides is 1. The predicted molar refractivity (Wildman–Crippen MR) is 275 cm³/mol. The summed E-state index contributed by atoms with van der Waals surface area (Å²) in [5, 5.41) is 58.5. The van der Waals surface area contributed by atoms with Gasteiger partial charge in [-0.2, -0.15) is 21.9 Å². The number of ether oxygens (including phenoxy) is 2. The fourth-order valence-electron chi connectivity index (χ4n) is 7.08. The number of para-hydroxylation sites is 4. The summed E-state index contributed by atoms with van der Waals surface area (Å²) in [6.07, 6.45) is 0. The van der Waals surface area contributed by atoms with Gasteiger partial charge in [-0.05, 0) is 108 Å². The maximum atomic E-state index is 13.3. The summed E-state index contributed by atoms with van der Waals surface area (Å²) < 4.78 is 75.7. The number of azo groups is 2. The second-order valence-electron chi connectivity index (χ2n) is 15.4. The third kappa shape index (κ3) is 12.9. The molecule has 0 saturated carbocycles. The van der Waals surface area contributed by atoms with Crippen molar-refractivity contribution in [3.63, 3.8) is 0 Å². The fourth-order valence-corrected chi connectivity index (χ4v) is 8.54. The molecule has 0 spiro atoms. The van der Waals surface area contributed by atoms with Gasteiger partial charge in [0, 0.05) is 10.8 Å². The van der Waals surface area contributed by atoms with Gasteiger partial charge >= 0.3 is 48.9 Å². The topological polar surface area (TPSA) is 284 Å². The SMILES string of the molecule is COc1ccccc1N=C([O-])c1cc2ccccc2c(N=Nc2cc(S(=O)(=O)O)cc(C)c2Cl)c1[O-].COc1ccccc1NC(=O)c1cc2ccccc2c(N=Nc2cc(S(=O)(=O)O)cc(C)c2Cl)c1O.[Ba+2]. The number of carbonyl (C=O) groups excluding carboxylic acids is 1. The van der Waals surface area contributed by atoms with Gasteiger partial charge in [0.15, 0.2) is 5.75 Å². The summed E-state index contributed by atoms with van der Waals surface area (Å²) in [5.74, 6) is -1.77. The minimum atomic E-state index is -4.53. The summed E-state index contributed by atoms with van der Waals surface area (Å²) in [6, 6.07) is 34.5. The van der Waals surface area contributed by atoms with Crippen LogP contribution in [0.5, 0.6) is 23.0 Å². The molecular formula is C50H38BaCl2N6O12S2. The number of methoxy groups -OCH3 is 2. The van der Waals surface area contributed by atoms with E-state index in [4.69, 9.17) is 32.7 Å². The van der Waals surface area contributed by atoms with Crippen molar-refractivity contribution in [2.24, 2.45) is 25.4 Å². The predicted octanol–water partition coefficient (Wildman–Crippen LogP) is 11.0. The Morgan fingerprint density at radius 3 is 1.59 bits per heavy atom. The zero-order valence-electron chi connectivity index (χ0n) is 38.7. The van der Waals surface area contributed by atoms with Crippen LogP contribution in [0, 0.1) is 13.8 Å². The minimum absolute atomic E-state index is 0. The van der Waals surface area contributed by atoms with Crippen LogP contribution in [0.4, 0.5) is 34.1 Å². The molecule has 8 aromatic carbocycles. The molecule has 1 amide bonds. The standard InChI is InChI=1S/2C25H20ClN3O6S.Ba/c2*1-14-11-16(36(32,33)34)13-20(22(14)26)28-29-23-17-8-4-3-7-15(17)12-18(24(23)30)25(31)27-19-9-5-6-10-21(19)35-2;/h2*3-13,30H,1-2H3,(H,27,31)(H,32,33,34);/q;;+2/p-2. The number of benzene rings is 8. The van der Waals surface area contributed by atoms with Crippen LogP contribution in [0.15, 0.2) is 169 Å². The van der Waals surface area contributed by atoms with E-state index in [1.165, 1.54) is 45.4 Å². The molecule has 8 aromatic rings. The number of aliphatic imine (C=N–C) groups is 1. The normalized spacial score (nSPS) is 11.9.